The lowest BCUT2D eigenvalue weighted by atomic mass is 10.2. The molecule has 0 aliphatic rings. The minimum Gasteiger partial charge on any atom is -0.445 e. The van der Waals surface area contributed by atoms with E-state index in [0.717, 1.165) is 5.56 Å². The van der Waals surface area contributed by atoms with Gasteiger partial charge in [-0.3, -0.25) is 4.57 Å². The number of benzene rings is 1. The molecule has 0 saturated carbocycles. The zero-order chi connectivity index (χ0) is 12.0. The maximum Gasteiger partial charge on any atom is 0.408 e. The van der Waals surface area contributed by atoms with Crippen molar-refractivity contribution in [3.05, 3.63) is 35.9 Å². The number of rotatable bonds is 4. The molecule has 2 N–H and O–H groups in total. The van der Waals surface area contributed by atoms with E-state index in [0.29, 0.717) is 0 Å². The molecular weight excluding hydrogens is 229 g/mol. The summed E-state index contributed by atoms with van der Waals surface area (Å²) in [7, 11) is -2.75. The van der Waals surface area contributed by atoms with Gasteiger partial charge in [-0.05, 0) is 12.5 Å². The SMILES string of the molecule is C[C@H](NC(=O)OCc1ccccc1)[PH](=O)O. The van der Waals surface area contributed by atoms with Crippen molar-refractivity contribution in [3.8, 4) is 0 Å². The lowest BCUT2D eigenvalue weighted by Gasteiger charge is -2.10. The molecule has 0 bridgehead atoms. The van der Waals surface area contributed by atoms with Crippen molar-refractivity contribution >= 4 is 14.1 Å². The molecule has 88 valence electrons. The van der Waals surface area contributed by atoms with Crippen LogP contribution in [-0.4, -0.2) is 16.8 Å². The topological polar surface area (TPSA) is 75.6 Å². The van der Waals surface area contributed by atoms with Gasteiger partial charge >= 0.3 is 6.09 Å². The molecule has 1 rings (SSSR count). The Labute approximate surface area is 94.3 Å². The summed E-state index contributed by atoms with van der Waals surface area (Å²) in [6, 6.07) is 9.19. The summed E-state index contributed by atoms with van der Waals surface area (Å²) in [4.78, 5) is 19.9. The number of carbonyl (C=O) groups is 1. The lowest BCUT2D eigenvalue weighted by Crippen LogP contribution is -2.30. The molecule has 1 aromatic carbocycles. The van der Waals surface area contributed by atoms with E-state index in [1.165, 1.54) is 6.92 Å². The Kier molecular flexibility index (Phi) is 5.02. The summed E-state index contributed by atoms with van der Waals surface area (Å²) >= 11 is 0. The predicted molar refractivity (Wildman–Crippen MR) is 60.4 cm³/mol. The molecule has 0 saturated heterocycles. The van der Waals surface area contributed by atoms with Crippen LogP contribution in [0.4, 0.5) is 4.79 Å². The summed E-state index contributed by atoms with van der Waals surface area (Å²) in [5, 5.41) is 2.27. The van der Waals surface area contributed by atoms with Gasteiger partial charge in [0, 0.05) is 0 Å². The van der Waals surface area contributed by atoms with Crippen LogP contribution in [0.15, 0.2) is 30.3 Å². The maximum atomic E-state index is 11.2. The number of carbonyl (C=O) groups excluding carboxylic acids is 1. The van der Waals surface area contributed by atoms with Crippen molar-refractivity contribution in [3.63, 3.8) is 0 Å². The van der Waals surface area contributed by atoms with Gasteiger partial charge in [-0.2, -0.15) is 0 Å². The number of ether oxygens (including phenoxy) is 1. The second-order valence-electron chi connectivity index (χ2n) is 3.27. The molecule has 16 heavy (non-hydrogen) atoms. The van der Waals surface area contributed by atoms with Crippen molar-refractivity contribution in [2.24, 2.45) is 0 Å². The highest BCUT2D eigenvalue weighted by Crippen LogP contribution is 2.18. The first-order valence-electron chi connectivity index (χ1n) is 4.79. The lowest BCUT2D eigenvalue weighted by molar-refractivity contribution is 0.138. The summed E-state index contributed by atoms with van der Waals surface area (Å²) in [6.45, 7) is 1.59. The molecule has 1 unspecified atom stereocenters. The second kappa shape index (κ2) is 6.30. The molecular formula is C10H14NO4P. The van der Waals surface area contributed by atoms with Crippen molar-refractivity contribution in [2.75, 3.05) is 0 Å². The van der Waals surface area contributed by atoms with Crippen LogP contribution in [0.2, 0.25) is 0 Å². The molecule has 2 atom stereocenters. The molecule has 0 spiro atoms. The van der Waals surface area contributed by atoms with Gasteiger partial charge in [0.2, 0.25) is 8.03 Å². The molecule has 0 aromatic heterocycles. The quantitative estimate of drug-likeness (QED) is 0.789. The fraction of sp³-hybridized carbons (Fsp3) is 0.300. The highest BCUT2D eigenvalue weighted by molar-refractivity contribution is 7.38. The van der Waals surface area contributed by atoms with E-state index >= 15 is 0 Å². The van der Waals surface area contributed by atoms with Gasteiger partial charge in [0.25, 0.3) is 0 Å². The average Bonchev–Trinajstić information content (AvgIpc) is 2.27. The van der Waals surface area contributed by atoms with Crippen LogP contribution in [-0.2, 0) is 15.9 Å². The molecule has 0 radical (unpaired) electrons. The average molecular weight is 243 g/mol. The van der Waals surface area contributed by atoms with Crippen LogP contribution in [0.5, 0.6) is 0 Å². The van der Waals surface area contributed by atoms with Gasteiger partial charge in [-0.25, -0.2) is 4.79 Å². The predicted octanol–water partition coefficient (Wildman–Crippen LogP) is 1.73. The van der Waals surface area contributed by atoms with Crippen LogP contribution < -0.4 is 5.32 Å². The summed E-state index contributed by atoms with van der Waals surface area (Å²) < 4.78 is 15.5. The Bertz CT molecular complexity index is 368. The minimum atomic E-state index is -2.75. The Hall–Kier alpha value is -1.32. The maximum absolute atomic E-state index is 11.2. The van der Waals surface area contributed by atoms with E-state index in [1.54, 1.807) is 0 Å². The van der Waals surface area contributed by atoms with Crippen LogP contribution >= 0.6 is 8.03 Å². The van der Waals surface area contributed by atoms with E-state index < -0.39 is 19.9 Å². The van der Waals surface area contributed by atoms with E-state index in [-0.39, 0.29) is 6.61 Å². The van der Waals surface area contributed by atoms with Crippen LogP contribution in [0.25, 0.3) is 0 Å². The summed E-state index contributed by atoms with van der Waals surface area (Å²) in [5.74, 6) is -0.770. The molecule has 1 amide bonds. The smallest absolute Gasteiger partial charge is 0.408 e. The van der Waals surface area contributed by atoms with Gasteiger partial charge in [0.05, 0.1) is 0 Å². The monoisotopic (exact) mass is 243 g/mol. The zero-order valence-corrected chi connectivity index (χ0v) is 9.84. The fourth-order valence-electron chi connectivity index (χ4n) is 1.00. The molecule has 0 aliphatic carbocycles. The number of hydrogen-bond donors (Lipinski definition) is 2. The number of hydrogen-bond acceptors (Lipinski definition) is 3. The Morgan fingerprint density at radius 1 is 1.50 bits per heavy atom. The number of alkyl carbamates (subject to hydrolysis) is 1. The van der Waals surface area contributed by atoms with Crippen molar-refractivity contribution in [1.82, 2.24) is 5.32 Å². The molecule has 5 nitrogen and oxygen atoms in total. The molecule has 0 fully saturated rings. The summed E-state index contributed by atoms with van der Waals surface area (Å²) in [5.41, 5.74) is 0.863. The van der Waals surface area contributed by atoms with Crippen LogP contribution in [0.1, 0.15) is 12.5 Å². The van der Waals surface area contributed by atoms with E-state index in [1.807, 2.05) is 30.3 Å². The van der Waals surface area contributed by atoms with Gasteiger partial charge in [0.15, 0.2) is 0 Å². The number of nitrogens with one attached hydrogen (secondary N) is 1. The van der Waals surface area contributed by atoms with Crippen molar-refractivity contribution < 1.29 is 19.0 Å². The number of amides is 1. The van der Waals surface area contributed by atoms with E-state index in [4.69, 9.17) is 9.63 Å². The van der Waals surface area contributed by atoms with Gasteiger partial charge in [-0.1, -0.05) is 30.3 Å². The fourth-order valence-corrected chi connectivity index (χ4v) is 1.24. The first-order valence-corrected chi connectivity index (χ1v) is 6.23. The van der Waals surface area contributed by atoms with Gasteiger partial charge < -0.3 is 14.9 Å². The van der Waals surface area contributed by atoms with E-state index in [2.05, 4.69) is 5.32 Å². The third kappa shape index (κ3) is 4.47. The van der Waals surface area contributed by atoms with Crippen LogP contribution in [0.3, 0.4) is 0 Å². The first kappa shape index (κ1) is 12.7. The highest BCUT2D eigenvalue weighted by Gasteiger charge is 2.11. The molecule has 0 heterocycles. The zero-order valence-electron chi connectivity index (χ0n) is 8.84. The first-order chi connectivity index (χ1) is 7.59. The van der Waals surface area contributed by atoms with Gasteiger partial charge in [0.1, 0.15) is 12.4 Å². The third-order valence-corrected chi connectivity index (χ3v) is 2.80. The second-order valence-corrected chi connectivity index (χ2v) is 4.81. The van der Waals surface area contributed by atoms with Crippen molar-refractivity contribution in [2.45, 2.75) is 19.3 Å². The minimum absolute atomic E-state index is 0.145. The molecule has 0 aliphatic heterocycles. The molecule has 1 aromatic rings. The van der Waals surface area contributed by atoms with E-state index in [9.17, 15) is 9.36 Å². The van der Waals surface area contributed by atoms with Crippen LogP contribution in [0, 0.1) is 0 Å². The normalized spacial score (nSPS) is 13.9. The third-order valence-electron chi connectivity index (χ3n) is 1.92. The Morgan fingerprint density at radius 2 is 2.12 bits per heavy atom. The largest absolute Gasteiger partial charge is 0.445 e. The highest BCUT2D eigenvalue weighted by atomic mass is 31.1. The Balaban J connectivity index is 2.33. The van der Waals surface area contributed by atoms with Gasteiger partial charge in [-0.15, -0.1) is 0 Å². The summed E-state index contributed by atoms with van der Waals surface area (Å²) in [6.07, 6.45) is -0.691. The Morgan fingerprint density at radius 3 is 2.69 bits per heavy atom. The van der Waals surface area contributed by atoms with Crippen molar-refractivity contribution in [1.29, 1.82) is 0 Å². The standard InChI is InChI=1S/C10H14NO4P/c1-8(16(13)14)11-10(12)15-7-9-5-3-2-4-6-9/h2-6,8,16H,7H2,1H3,(H,11,12)(H,13,14)/t8-/m1/s1. The molecule has 6 heteroatoms.